The lowest BCUT2D eigenvalue weighted by Gasteiger charge is -2.12. The Morgan fingerprint density at radius 2 is 1.87 bits per heavy atom. The van der Waals surface area contributed by atoms with Gasteiger partial charge in [0.1, 0.15) is 5.75 Å². The Kier molecular flexibility index (Phi) is 6.45. The zero-order chi connectivity index (χ0) is 16.8. The summed E-state index contributed by atoms with van der Waals surface area (Å²) in [6.45, 7) is 6.38. The van der Waals surface area contributed by atoms with Crippen LogP contribution >= 0.6 is 22.6 Å². The molecule has 0 spiro atoms. The normalized spacial score (nSPS) is 10.7. The molecule has 0 fully saturated rings. The number of benzene rings is 2. The van der Waals surface area contributed by atoms with Crippen LogP contribution in [0.2, 0.25) is 0 Å². The maximum Gasteiger partial charge on any atom is 0.262 e. The maximum atomic E-state index is 12.1. The Labute approximate surface area is 151 Å². The van der Waals surface area contributed by atoms with Gasteiger partial charge in [0.2, 0.25) is 0 Å². The molecule has 0 saturated carbocycles. The molecule has 1 N–H and O–H groups in total. The van der Waals surface area contributed by atoms with E-state index in [4.69, 9.17) is 4.74 Å². The fourth-order valence-electron chi connectivity index (χ4n) is 2.26. The third kappa shape index (κ3) is 5.23. The van der Waals surface area contributed by atoms with Gasteiger partial charge in [0.25, 0.3) is 5.91 Å². The van der Waals surface area contributed by atoms with E-state index >= 15 is 0 Å². The average Bonchev–Trinajstić information content (AvgIpc) is 2.55. The maximum absolute atomic E-state index is 12.1. The number of hydrogen-bond donors (Lipinski definition) is 1. The van der Waals surface area contributed by atoms with E-state index in [1.54, 1.807) is 0 Å². The second-order valence-corrected chi connectivity index (χ2v) is 6.96. The largest absolute Gasteiger partial charge is 0.484 e. The molecule has 23 heavy (non-hydrogen) atoms. The molecule has 0 aliphatic carbocycles. The third-order valence-corrected chi connectivity index (χ3v) is 4.31. The summed E-state index contributed by atoms with van der Waals surface area (Å²) in [5, 5.41) is 2.92. The first-order chi connectivity index (χ1) is 11.0. The SMILES string of the molecule is CCc1cc(I)ccc1NC(=O)COc1ccc(C(C)C)cc1. The van der Waals surface area contributed by atoms with E-state index in [0.717, 1.165) is 17.7 Å². The number of rotatable bonds is 6. The molecule has 2 aromatic carbocycles. The molecule has 122 valence electrons. The minimum atomic E-state index is -0.145. The fourth-order valence-corrected chi connectivity index (χ4v) is 2.82. The summed E-state index contributed by atoms with van der Waals surface area (Å²) >= 11 is 2.27. The molecule has 0 aliphatic rings. The van der Waals surface area contributed by atoms with Crippen LogP contribution in [-0.4, -0.2) is 12.5 Å². The Morgan fingerprint density at radius 3 is 2.48 bits per heavy atom. The first-order valence-corrected chi connectivity index (χ1v) is 8.88. The van der Waals surface area contributed by atoms with Gasteiger partial charge in [0, 0.05) is 9.26 Å². The number of halogens is 1. The Bertz CT molecular complexity index is 666. The van der Waals surface area contributed by atoms with Crippen molar-refractivity contribution in [1.29, 1.82) is 0 Å². The van der Waals surface area contributed by atoms with Crippen LogP contribution in [0.25, 0.3) is 0 Å². The van der Waals surface area contributed by atoms with Gasteiger partial charge in [0.05, 0.1) is 0 Å². The van der Waals surface area contributed by atoms with Gasteiger partial charge in [-0.2, -0.15) is 0 Å². The van der Waals surface area contributed by atoms with E-state index in [2.05, 4.69) is 54.7 Å². The van der Waals surface area contributed by atoms with Crippen LogP contribution in [0.1, 0.15) is 37.8 Å². The lowest BCUT2D eigenvalue weighted by Crippen LogP contribution is -2.21. The lowest BCUT2D eigenvalue weighted by atomic mass is 10.0. The van der Waals surface area contributed by atoms with Gasteiger partial charge in [-0.25, -0.2) is 0 Å². The Hall–Kier alpha value is -1.56. The number of hydrogen-bond acceptors (Lipinski definition) is 2. The molecule has 0 aromatic heterocycles. The second-order valence-electron chi connectivity index (χ2n) is 5.72. The highest BCUT2D eigenvalue weighted by Crippen LogP contribution is 2.20. The van der Waals surface area contributed by atoms with E-state index < -0.39 is 0 Å². The molecule has 0 atom stereocenters. The highest BCUT2D eigenvalue weighted by molar-refractivity contribution is 14.1. The van der Waals surface area contributed by atoms with Crippen molar-refractivity contribution in [3.63, 3.8) is 0 Å². The van der Waals surface area contributed by atoms with Gasteiger partial charge in [0.15, 0.2) is 6.61 Å². The molecular weight excluding hydrogens is 401 g/mol. The summed E-state index contributed by atoms with van der Waals surface area (Å²) < 4.78 is 6.72. The number of nitrogens with one attached hydrogen (secondary N) is 1. The van der Waals surface area contributed by atoms with Crippen LogP contribution in [0.4, 0.5) is 5.69 Å². The summed E-state index contributed by atoms with van der Waals surface area (Å²) in [5.74, 6) is 1.05. The third-order valence-electron chi connectivity index (χ3n) is 3.64. The number of carbonyl (C=O) groups excluding carboxylic acids is 1. The summed E-state index contributed by atoms with van der Waals surface area (Å²) in [6, 6.07) is 13.9. The first kappa shape index (κ1) is 17.8. The van der Waals surface area contributed by atoms with E-state index in [9.17, 15) is 4.79 Å². The lowest BCUT2D eigenvalue weighted by molar-refractivity contribution is -0.118. The van der Waals surface area contributed by atoms with Crippen LogP contribution in [0.3, 0.4) is 0 Å². The van der Waals surface area contributed by atoms with Crippen molar-refractivity contribution in [2.45, 2.75) is 33.1 Å². The predicted molar refractivity (Wildman–Crippen MR) is 103 cm³/mol. The predicted octanol–water partition coefficient (Wildman–Crippen LogP) is 4.99. The van der Waals surface area contributed by atoms with Crippen molar-refractivity contribution in [3.8, 4) is 5.75 Å². The van der Waals surface area contributed by atoms with Gasteiger partial charge < -0.3 is 10.1 Å². The standard InChI is InChI=1S/C19H22INO2/c1-4-14-11-16(20)7-10-18(14)21-19(22)12-23-17-8-5-15(6-9-17)13(2)3/h5-11,13H,4,12H2,1-3H3,(H,21,22). The first-order valence-electron chi connectivity index (χ1n) is 7.80. The van der Waals surface area contributed by atoms with Crippen LogP contribution in [0.5, 0.6) is 5.75 Å². The molecule has 2 rings (SSSR count). The van der Waals surface area contributed by atoms with Crippen molar-refractivity contribution in [3.05, 3.63) is 57.2 Å². The van der Waals surface area contributed by atoms with Crippen molar-refractivity contribution in [1.82, 2.24) is 0 Å². The zero-order valence-corrected chi connectivity index (χ0v) is 15.9. The van der Waals surface area contributed by atoms with Gasteiger partial charge in [-0.15, -0.1) is 0 Å². The molecule has 0 aliphatic heterocycles. The van der Waals surface area contributed by atoms with Crippen molar-refractivity contribution in [2.75, 3.05) is 11.9 Å². The summed E-state index contributed by atoms with van der Waals surface area (Å²) in [4.78, 5) is 12.1. The van der Waals surface area contributed by atoms with Gasteiger partial charge in [-0.05, 0) is 76.4 Å². The minimum Gasteiger partial charge on any atom is -0.484 e. The smallest absolute Gasteiger partial charge is 0.262 e. The molecule has 0 heterocycles. The molecule has 0 radical (unpaired) electrons. The average molecular weight is 423 g/mol. The molecule has 0 saturated heterocycles. The monoisotopic (exact) mass is 423 g/mol. The number of ether oxygens (including phenoxy) is 1. The topological polar surface area (TPSA) is 38.3 Å². The zero-order valence-electron chi connectivity index (χ0n) is 13.7. The van der Waals surface area contributed by atoms with Crippen LogP contribution in [0.15, 0.2) is 42.5 Å². The van der Waals surface area contributed by atoms with E-state index in [1.165, 1.54) is 9.13 Å². The molecule has 0 bridgehead atoms. The number of carbonyl (C=O) groups is 1. The van der Waals surface area contributed by atoms with Gasteiger partial charge >= 0.3 is 0 Å². The van der Waals surface area contributed by atoms with Crippen LogP contribution < -0.4 is 10.1 Å². The minimum absolute atomic E-state index is 0.0101. The quantitative estimate of drug-likeness (QED) is 0.665. The van der Waals surface area contributed by atoms with Crippen LogP contribution in [0, 0.1) is 3.57 Å². The van der Waals surface area contributed by atoms with Crippen molar-refractivity contribution < 1.29 is 9.53 Å². The summed E-state index contributed by atoms with van der Waals surface area (Å²) in [5.41, 5.74) is 3.25. The van der Waals surface area contributed by atoms with Crippen molar-refractivity contribution in [2.24, 2.45) is 0 Å². The molecule has 2 aromatic rings. The highest BCUT2D eigenvalue weighted by atomic mass is 127. The molecule has 1 amide bonds. The summed E-state index contributed by atoms with van der Waals surface area (Å²) in [6.07, 6.45) is 0.879. The number of amides is 1. The van der Waals surface area contributed by atoms with Crippen molar-refractivity contribution >= 4 is 34.2 Å². The fraction of sp³-hybridized carbons (Fsp3) is 0.316. The van der Waals surface area contributed by atoms with E-state index in [1.807, 2.05) is 36.4 Å². The Morgan fingerprint density at radius 1 is 1.17 bits per heavy atom. The highest BCUT2D eigenvalue weighted by Gasteiger charge is 2.08. The van der Waals surface area contributed by atoms with Gasteiger partial charge in [-0.3, -0.25) is 4.79 Å². The molecular formula is C19H22INO2. The van der Waals surface area contributed by atoms with E-state index in [0.29, 0.717) is 11.7 Å². The number of anilines is 1. The van der Waals surface area contributed by atoms with Crippen LogP contribution in [-0.2, 0) is 11.2 Å². The second kappa shape index (κ2) is 8.34. The molecule has 0 unspecified atom stereocenters. The van der Waals surface area contributed by atoms with Gasteiger partial charge in [-0.1, -0.05) is 32.9 Å². The van der Waals surface area contributed by atoms with E-state index in [-0.39, 0.29) is 12.5 Å². The molecule has 3 nitrogen and oxygen atoms in total. The number of aryl methyl sites for hydroxylation is 1. The Balaban J connectivity index is 1.92. The molecule has 4 heteroatoms. The summed E-state index contributed by atoms with van der Waals surface area (Å²) in [7, 11) is 0.